The molecule has 0 spiro atoms. The summed E-state index contributed by atoms with van der Waals surface area (Å²) in [6, 6.07) is 5.41. The highest BCUT2D eigenvalue weighted by atomic mass is 32.2. The average Bonchev–Trinajstić information content (AvgIpc) is 2.74. The highest BCUT2D eigenvalue weighted by Crippen LogP contribution is 2.26. The zero-order valence-corrected chi connectivity index (χ0v) is 19.2. The molecule has 0 bridgehead atoms. The van der Waals surface area contributed by atoms with Crippen molar-refractivity contribution >= 4 is 15.9 Å². The quantitative estimate of drug-likeness (QED) is 0.632. The minimum absolute atomic E-state index is 0.0382. The predicted octanol–water partition coefficient (Wildman–Crippen LogP) is 3.56. The lowest BCUT2D eigenvalue weighted by Gasteiger charge is -2.31. The van der Waals surface area contributed by atoms with E-state index in [9.17, 15) is 13.2 Å². The van der Waals surface area contributed by atoms with Crippen LogP contribution < -0.4 is 5.32 Å². The van der Waals surface area contributed by atoms with Crippen LogP contribution in [-0.4, -0.2) is 51.0 Å². The number of sulfonamides is 1. The number of hydrogen-bond acceptors (Lipinski definition) is 4. The Morgan fingerprint density at radius 1 is 1.10 bits per heavy atom. The highest BCUT2D eigenvalue weighted by molar-refractivity contribution is 7.89. The molecule has 1 amide bonds. The lowest BCUT2D eigenvalue weighted by molar-refractivity contribution is -0.126. The SMILES string of the molecule is Cc1ccc(S(=O)(=O)N2CCC(C(=O)NCCCOC3CCCCC3)CC2)c(C)c1. The first-order valence-corrected chi connectivity index (χ1v) is 12.8. The van der Waals surface area contributed by atoms with Gasteiger partial charge in [-0.05, 0) is 57.6 Å². The number of benzene rings is 1. The van der Waals surface area contributed by atoms with E-state index < -0.39 is 10.0 Å². The number of carbonyl (C=O) groups is 1. The van der Waals surface area contributed by atoms with Crippen molar-refractivity contribution in [2.24, 2.45) is 5.92 Å². The maximum atomic E-state index is 13.0. The Kier molecular flexibility index (Phi) is 8.31. The van der Waals surface area contributed by atoms with Crippen LogP contribution in [0.4, 0.5) is 0 Å². The van der Waals surface area contributed by atoms with E-state index in [2.05, 4.69) is 5.32 Å². The van der Waals surface area contributed by atoms with Gasteiger partial charge in [0.05, 0.1) is 11.0 Å². The molecule has 0 aromatic heterocycles. The van der Waals surface area contributed by atoms with Crippen LogP contribution in [0.25, 0.3) is 0 Å². The zero-order chi connectivity index (χ0) is 21.6. The Balaban J connectivity index is 1.39. The number of ether oxygens (including phenoxy) is 1. The van der Waals surface area contributed by atoms with E-state index in [1.54, 1.807) is 6.07 Å². The summed E-state index contributed by atoms with van der Waals surface area (Å²) in [7, 11) is -3.51. The summed E-state index contributed by atoms with van der Waals surface area (Å²) in [5, 5.41) is 3.00. The first-order chi connectivity index (χ1) is 14.4. The molecule has 1 aromatic rings. The van der Waals surface area contributed by atoms with Crippen molar-refractivity contribution in [2.45, 2.75) is 76.2 Å². The fourth-order valence-electron chi connectivity index (χ4n) is 4.50. The number of aryl methyl sites for hydroxylation is 2. The molecule has 0 unspecified atom stereocenters. The van der Waals surface area contributed by atoms with Crippen molar-refractivity contribution in [3.8, 4) is 0 Å². The molecule has 1 heterocycles. The molecular weight excluding hydrogens is 400 g/mol. The van der Waals surface area contributed by atoms with Crippen LogP contribution in [0.5, 0.6) is 0 Å². The fraction of sp³-hybridized carbons (Fsp3) is 0.696. The van der Waals surface area contributed by atoms with E-state index in [-0.39, 0.29) is 11.8 Å². The number of hydrogen-bond donors (Lipinski definition) is 1. The number of amides is 1. The second kappa shape index (κ2) is 10.7. The molecule has 1 N–H and O–H groups in total. The second-order valence-corrected chi connectivity index (χ2v) is 10.6. The molecule has 0 radical (unpaired) electrons. The van der Waals surface area contributed by atoms with Crippen molar-refractivity contribution in [3.63, 3.8) is 0 Å². The van der Waals surface area contributed by atoms with Crippen molar-refractivity contribution in [3.05, 3.63) is 29.3 Å². The molecule has 7 heteroatoms. The first kappa shape index (κ1) is 23.2. The molecule has 1 aromatic carbocycles. The van der Waals surface area contributed by atoms with Gasteiger partial charge in [0.2, 0.25) is 15.9 Å². The third-order valence-corrected chi connectivity index (χ3v) is 8.36. The summed E-state index contributed by atoms with van der Waals surface area (Å²) in [6.07, 6.45) is 8.52. The Hall–Kier alpha value is -1.44. The van der Waals surface area contributed by atoms with Gasteiger partial charge in [0.25, 0.3) is 0 Å². The standard InChI is InChI=1S/C23H36N2O4S/c1-18-9-10-22(19(2)17-18)30(27,28)25-14-11-20(12-15-25)23(26)24-13-6-16-29-21-7-4-3-5-8-21/h9-10,17,20-21H,3-8,11-16H2,1-2H3,(H,24,26). The third kappa shape index (κ3) is 6.05. The van der Waals surface area contributed by atoms with Gasteiger partial charge in [0.15, 0.2) is 0 Å². The zero-order valence-electron chi connectivity index (χ0n) is 18.4. The summed E-state index contributed by atoms with van der Waals surface area (Å²) < 4.78 is 33.4. The van der Waals surface area contributed by atoms with Crippen LogP contribution in [0.1, 0.15) is 62.5 Å². The van der Waals surface area contributed by atoms with Gasteiger partial charge in [-0.15, -0.1) is 0 Å². The van der Waals surface area contributed by atoms with Crippen molar-refractivity contribution in [1.82, 2.24) is 9.62 Å². The van der Waals surface area contributed by atoms with E-state index in [1.807, 2.05) is 26.0 Å². The van der Waals surface area contributed by atoms with Gasteiger partial charge in [-0.2, -0.15) is 4.31 Å². The van der Waals surface area contributed by atoms with E-state index >= 15 is 0 Å². The third-order valence-electron chi connectivity index (χ3n) is 6.30. The minimum atomic E-state index is -3.51. The second-order valence-electron chi connectivity index (χ2n) is 8.72. The molecule has 168 valence electrons. The lowest BCUT2D eigenvalue weighted by Crippen LogP contribution is -2.43. The van der Waals surface area contributed by atoms with Gasteiger partial charge < -0.3 is 10.1 Å². The molecule has 2 aliphatic rings. The van der Waals surface area contributed by atoms with Gasteiger partial charge in [-0.1, -0.05) is 37.0 Å². The predicted molar refractivity (Wildman–Crippen MR) is 118 cm³/mol. The molecule has 1 aliphatic heterocycles. The van der Waals surface area contributed by atoms with Crippen LogP contribution in [0, 0.1) is 19.8 Å². The van der Waals surface area contributed by atoms with Gasteiger partial charge in [-0.25, -0.2) is 8.42 Å². The van der Waals surface area contributed by atoms with Gasteiger partial charge in [-0.3, -0.25) is 4.79 Å². The minimum Gasteiger partial charge on any atom is -0.378 e. The number of carbonyl (C=O) groups excluding carboxylic acids is 1. The van der Waals surface area contributed by atoms with Crippen LogP contribution in [0.2, 0.25) is 0 Å². The number of rotatable bonds is 8. The lowest BCUT2D eigenvalue weighted by atomic mass is 9.97. The molecule has 30 heavy (non-hydrogen) atoms. The molecule has 0 atom stereocenters. The van der Waals surface area contributed by atoms with Crippen LogP contribution >= 0.6 is 0 Å². The normalized spacial score (nSPS) is 19.7. The Morgan fingerprint density at radius 2 is 1.80 bits per heavy atom. The maximum Gasteiger partial charge on any atom is 0.243 e. The van der Waals surface area contributed by atoms with Crippen molar-refractivity contribution in [2.75, 3.05) is 26.2 Å². The summed E-state index contributed by atoms with van der Waals surface area (Å²) in [5.74, 6) is -0.0777. The number of piperidine rings is 1. The van der Waals surface area contributed by atoms with Crippen LogP contribution in [0.3, 0.4) is 0 Å². The Bertz CT molecular complexity index is 810. The molecule has 1 saturated carbocycles. The van der Waals surface area contributed by atoms with Crippen molar-refractivity contribution in [1.29, 1.82) is 0 Å². The van der Waals surface area contributed by atoms with Gasteiger partial charge in [0.1, 0.15) is 0 Å². The van der Waals surface area contributed by atoms with Gasteiger partial charge >= 0.3 is 0 Å². The summed E-state index contributed by atoms with van der Waals surface area (Å²) in [6.45, 7) is 5.87. The van der Waals surface area contributed by atoms with E-state index in [0.29, 0.717) is 50.1 Å². The van der Waals surface area contributed by atoms with E-state index in [4.69, 9.17) is 4.74 Å². The molecule has 1 saturated heterocycles. The maximum absolute atomic E-state index is 13.0. The first-order valence-electron chi connectivity index (χ1n) is 11.3. The molecule has 6 nitrogen and oxygen atoms in total. The van der Waals surface area contributed by atoms with E-state index in [1.165, 1.54) is 23.6 Å². The Labute approximate surface area is 181 Å². The summed E-state index contributed by atoms with van der Waals surface area (Å²) >= 11 is 0. The highest BCUT2D eigenvalue weighted by Gasteiger charge is 2.32. The molecular formula is C23H36N2O4S. The summed E-state index contributed by atoms with van der Waals surface area (Å²) in [4.78, 5) is 12.8. The number of nitrogens with zero attached hydrogens (tertiary/aromatic N) is 1. The molecule has 1 aliphatic carbocycles. The monoisotopic (exact) mass is 436 g/mol. The summed E-state index contributed by atoms with van der Waals surface area (Å²) in [5.41, 5.74) is 1.82. The average molecular weight is 437 g/mol. The van der Waals surface area contributed by atoms with Gasteiger partial charge in [0, 0.05) is 32.2 Å². The largest absolute Gasteiger partial charge is 0.378 e. The van der Waals surface area contributed by atoms with Crippen LogP contribution in [-0.2, 0) is 19.6 Å². The topological polar surface area (TPSA) is 75.7 Å². The van der Waals surface area contributed by atoms with E-state index in [0.717, 1.165) is 30.4 Å². The molecule has 3 rings (SSSR count). The molecule has 2 fully saturated rings. The fourth-order valence-corrected chi connectivity index (χ4v) is 6.17. The van der Waals surface area contributed by atoms with Crippen LogP contribution in [0.15, 0.2) is 23.1 Å². The number of nitrogens with one attached hydrogen (secondary N) is 1. The smallest absolute Gasteiger partial charge is 0.243 e. The Morgan fingerprint density at radius 3 is 2.47 bits per heavy atom. The van der Waals surface area contributed by atoms with Crippen molar-refractivity contribution < 1.29 is 17.9 Å².